The number of hydrogen-bond acceptors (Lipinski definition) is 6. The molecule has 0 saturated carbocycles. The Morgan fingerprint density at radius 2 is 1.71 bits per heavy atom. The van der Waals surface area contributed by atoms with Crippen LogP contribution in [0.4, 0.5) is 0 Å². The molecule has 4 aromatic rings. The summed E-state index contributed by atoms with van der Waals surface area (Å²) >= 11 is 0. The molecule has 7 heteroatoms. The third-order valence-corrected chi connectivity index (χ3v) is 6.42. The lowest BCUT2D eigenvalue weighted by molar-refractivity contribution is -0.140. The Hall–Kier alpha value is -4.91. The van der Waals surface area contributed by atoms with Gasteiger partial charge >= 0.3 is 0 Å². The van der Waals surface area contributed by atoms with Crippen molar-refractivity contribution in [1.29, 1.82) is 0 Å². The zero-order chi connectivity index (χ0) is 26.6. The molecule has 1 amide bonds. The topological polar surface area (TPSA) is 100.0 Å². The number of rotatable bonds is 7. The van der Waals surface area contributed by atoms with Crippen molar-refractivity contribution in [2.75, 3.05) is 0 Å². The van der Waals surface area contributed by atoms with E-state index in [-0.39, 0.29) is 23.6 Å². The molecule has 190 valence electrons. The number of nitrogens with zero attached hydrogens (tertiary/aromatic N) is 2. The van der Waals surface area contributed by atoms with Gasteiger partial charge in [0.2, 0.25) is 0 Å². The number of phenolic OH excluding ortho intramolecular Hbond substituents is 1. The minimum atomic E-state index is -0.889. The second-order valence-corrected chi connectivity index (χ2v) is 9.19. The van der Waals surface area contributed by atoms with Gasteiger partial charge in [-0.2, -0.15) is 0 Å². The Morgan fingerprint density at radius 3 is 2.42 bits per heavy atom. The minimum absolute atomic E-state index is 0.00965. The molecule has 3 aromatic carbocycles. The Kier molecular flexibility index (Phi) is 6.91. The highest BCUT2D eigenvalue weighted by Crippen LogP contribution is 2.41. The molecule has 0 radical (unpaired) electrons. The number of likely N-dealkylation sites (tertiary alicyclic amines) is 1. The number of amides is 1. The average Bonchev–Trinajstić information content (AvgIpc) is 3.17. The first-order valence-corrected chi connectivity index (χ1v) is 12.2. The molecule has 1 aliphatic heterocycles. The first-order valence-electron chi connectivity index (χ1n) is 12.2. The molecule has 0 bridgehead atoms. The second-order valence-electron chi connectivity index (χ2n) is 9.19. The quantitative estimate of drug-likeness (QED) is 0.201. The van der Waals surface area contributed by atoms with Crippen LogP contribution in [-0.2, 0) is 22.7 Å². The predicted molar refractivity (Wildman–Crippen MR) is 142 cm³/mol. The lowest BCUT2D eigenvalue weighted by atomic mass is 9.95. The molecule has 1 unspecified atom stereocenters. The van der Waals surface area contributed by atoms with Crippen LogP contribution in [0.1, 0.15) is 33.9 Å². The maximum Gasteiger partial charge on any atom is 0.295 e. The number of aromatic nitrogens is 1. The Balaban J connectivity index is 1.47. The summed E-state index contributed by atoms with van der Waals surface area (Å²) in [6, 6.07) is 23.7. The number of aliphatic hydroxyl groups excluding tert-OH is 1. The monoisotopic (exact) mass is 506 g/mol. The summed E-state index contributed by atoms with van der Waals surface area (Å²) in [6.45, 7) is 2.52. The van der Waals surface area contributed by atoms with E-state index < -0.39 is 17.7 Å². The van der Waals surface area contributed by atoms with Crippen LogP contribution in [0.2, 0.25) is 0 Å². The number of phenols is 1. The van der Waals surface area contributed by atoms with Gasteiger partial charge in [0.15, 0.2) is 0 Å². The molecule has 1 fully saturated rings. The summed E-state index contributed by atoms with van der Waals surface area (Å²) in [7, 11) is 0. The van der Waals surface area contributed by atoms with Gasteiger partial charge in [0, 0.05) is 24.5 Å². The Morgan fingerprint density at radius 1 is 0.947 bits per heavy atom. The molecular formula is C31H26N2O5. The zero-order valence-electron chi connectivity index (χ0n) is 20.7. The summed E-state index contributed by atoms with van der Waals surface area (Å²) < 4.78 is 5.87. The van der Waals surface area contributed by atoms with Crippen LogP contribution in [0, 0.1) is 6.92 Å². The molecule has 2 heterocycles. The first kappa shape index (κ1) is 24.8. The van der Waals surface area contributed by atoms with Gasteiger partial charge < -0.3 is 19.8 Å². The van der Waals surface area contributed by atoms with Crippen molar-refractivity contribution >= 4 is 17.4 Å². The fourth-order valence-electron chi connectivity index (χ4n) is 4.61. The number of aryl methyl sites for hydroxylation is 1. The molecule has 1 saturated heterocycles. The number of carbonyl (C=O) groups is 2. The number of aliphatic hydroxyl groups is 1. The number of carbonyl (C=O) groups excluding carboxylic acids is 2. The van der Waals surface area contributed by atoms with Crippen molar-refractivity contribution in [3.63, 3.8) is 0 Å². The highest BCUT2D eigenvalue weighted by molar-refractivity contribution is 6.46. The van der Waals surface area contributed by atoms with E-state index in [2.05, 4.69) is 4.98 Å². The smallest absolute Gasteiger partial charge is 0.295 e. The number of ketones is 1. The van der Waals surface area contributed by atoms with E-state index in [1.807, 2.05) is 31.2 Å². The lowest BCUT2D eigenvalue weighted by Gasteiger charge is -2.25. The van der Waals surface area contributed by atoms with E-state index in [1.165, 1.54) is 17.0 Å². The third-order valence-electron chi connectivity index (χ3n) is 6.42. The number of Topliss-reactive ketones (excluding diaryl/α,β-unsaturated/α-hetero) is 1. The number of benzene rings is 3. The maximum absolute atomic E-state index is 13.2. The van der Waals surface area contributed by atoms with Crippen LogP contribution in [0.3, 0.4) is 0 Å². The number of aromatic hydroxyl groups is 1. The van der Waals surface area contributed by atoms with Crippen LogP contribution in [0.5, 0.6) is 11.5 Å². The van der Waals surface area contributed by atoms with Crippen molar-refractivity contribution in [1.82, 2.24) is 9.88 Å². The predicted octanol–water partition coefficient (Wildman–Crippen LogP) is 5.30. The molecule has 2 N–H and O–H groups in total. The van der Waals surface area contributed by atoms with Crippen LogP contribution < -0.4 is 4.74 Å². The molecular weight excluding hydrogens is 480 g/mol. The Bertz CT molecular complexity index is 1510. The second kappa shape index (κ2) is 10.6. The summed E-state index contributed by atoms with van der Waals surface area (Å²) in [5.41, 5.74) is 3.75. The summed E-state index contributed by atoms with van der Waals surface area (Å²) in [5.74, 6) is -1.23. The molecule has 5 rings (SSSR count). The highest BCUT2D eigenvalue weighted by Gasteiger charge is 2.46. The van der Waals surface area contributed by atoms with Crippen molar-refractivity contribution in [3.8, 4) is 11.5 Å². The van der Waals surface area contributed by atoms with E-state index in [4.69, 9.17) is 4.74 Å². The van der Waals surface area contributed by atoms with Crippen LogP contribution >= 0.6 is 0 Å². The van der Waals surface area contributed by atoms with Gasteiger partial charge in [-0.05, 0) is 66.1 Å². The molecule has 0 aliphatic carbocycles. The average molecular weight is 507 g/mol. The summed E-state index contributed by atoms with van der Waals surface area (Å²) in [4.78, 5) is 31.9. The van der Waals surface area contributed by atoms with Crippen LogP contribution in [0.15, 0.2) is 103 Å². The number of pyridine rings is 1. The first-order chi connectivity index (χ1) is 18.4. The van der Waals surface area contributed by atoms with Gasteiger partial charge in [-0.15, -0.1) is 0 Å². The van der Waals surface area contributed by atoms with Crippen molar-refractivity contribution in [2.24, 2.45) is 0 Å². The van der Waals surface area contributed by atoms with E-state index in [9.17, 15) is 19.8 Å². The largest absolute Gasteiger partial charge is 0.508 e. The summed E-state index contributed by atoms with van der Waals surface area (Å²) in [5, 5.41) is 21.4. The van der Waals surface area contributed by atoms with E-state index in [0.717, 1.165) is 16.7 Å². The molecule has 7 nitrogen and oxygen atoms in total. The molecule has 0 spiro atoms. The van der Waals surface area contributed by atoms with E-state index in [0.29, 0.717) is 23.5 Å². The Labute approximate surface area is 220 Å². The van der Waals surface area contributed by atoms with Gasteiger partial charge in [0.05, 0.1) is 11.6 Å². The van der Waals surface area contributed by atoms with Crippen molar-refractivity contribution in [3.05, 3.63) is 131 Å². The highest BCUT2D eigenvalue weighted by atomic mass is 16.5. The third kappa shape index (κ3) is 5.13. The molecule has 38 heavy (non-hydrogen) atoms. The maximum atomic E-state index is 13.2. The van der Waals surface area contributed by atoms with E-state index in [1.54, 1.807) is 60.9 Å². The standard InChI is InChI=1S/C31H26N2O5/c1-20-5-2-6-21(15-20)19-38-26-12-10-23(11-13-26)29(35)27-28(24-8-3-9-25(34)16-24)33(31(37)30(27)36)18-22-7-4-14-32-17-22/h2-17,28,34-35H,18-19H2,1H3/b29-27+. The van der Waals surface area contributed by atoms with E-state index >= 15 is 0 Å². The summed E-state index contributed by atoms with van der Waals surface area (Å²) in [6.07, 6.45) is 3.24. The fourth-order valence-corrected chi connectivity index (χ4v) is 4.61. The molecule has 1 atom stereocenters. The molecule has 1 aliphatic rings. The normalized spacial score (nSPS) is 16.6. The number of ether oxygens (including phenoxy) is 1. The van der Waals surface area contributed by atoms with Crippen LogP contribution in [-0.4, -0.2) is 31.8 Å². The van der Waals surface area contributed by atoms with Crippen molar-refractivity contribution < 1.29 is 24.5 Å². The fraction of sp³-hybridized carbons (Fsp3) is 0.129. The molecule has 1 aromatic heterocycles. The van der Waals surface area contributed by atoms with Crippen LogP contribution in [0.25, 0.3) is 5.76 Å². The van der Waals surface area contributed by atoms with Gasteiger partial charge in [0.25, 0.3) is 11.7 Å². The minimum Gasteiger partial charge on any atom is -0.508 e. The van der Waals surface area contributed by atoms with Gasteiger partial charge in [-0.25, -0.2) is 0 Å². The lowest BCUT2D eigenvalue weighted by Crippen LogP contribution is -2.29. The SMILES string of the molecule is Cc1cccc(COc2ccc(/C(O)=C3\C(=O)C(=O)N(Cc4cccnc4)C3c3cccc(O)c3)cc2)c1. The van der Waals surface area contributed by atoms with Gasteiger partial charge in [0.1, 0.15) is 23.9 Å². The van der Waals surface area contributed by atoms with Gasteiger partial charge in [-0.3, -0.25) is 14.6 Å². The van der Waals surface area contributed by atoms with Crippen molar-refractivity contribution in [2.45, 2.75) is 26.1 Å². The zero-order valence-corrected chi connectivity index (χ0v) is 20.7. The van der Waals surface area contributed by atoms with Gasteiger partial charge in [-0.1, -0.05) is 48.0 Å². The number of hydrogen-bond donors (Lipinski definition) is 2.